The Labute approximate surface area is 200 Å². The van der Waals surface area contributed by atoms with Crippen molar-refractivity contribution in [1.29, 1.82) is 0 Å². The third-order valence-corrected chi connectivity index (χ3v) is 7.66. The SMILES string of the molecule is CCCC(Oc1c2c(O)c3c(=O)c4c(oc3c1OC)-c1ccccc1OP(=O)(O2)O4)N1CCCC1. The van der Waals surface area contributed by atoms with Crippen molar-refractivity contribution in [3.05, 3.63) is 34.5 Å². The van der Waals surface area contributed by atoms with Crippen LogP contribution in [0.5, 0.6) is 34.5 Å². The number of phenolic OH excluding ortho intramolecular Hbond substituents is 1. The Morgan fingerprint density at radius 2 is 1.86 bits per heavy atom. The molecule has 3 aromatic rings. The smallest absolute Gasteiger partial charge is 0.504 e. The van der Waals surface area contributed by atoms with Gasteiger partial charge in [0.15, 0.2) is 23.3 Å². The molecule has 2 atom stereocenters. The number of hydrogen-bond donors (Lipinski definition) is 1. The molecule has 0 radical (unpaired) electrons. The number of rotatable bonds is 6. The van der Waals surface area contributed by atoms with E-state index in [1.54, 1.807) is 24.3 Å². The third-order valence-electron chi connectivity index (χ3n) is 6.43. The summed E-state index contributed by atoms with van der Waals surface area (Å²) in [6.45, 7) is 3.75. The predicted molar refractivity (Wildman–Crippen MR) is 126 cm³/mol. The Balaban J connectivity index is 1.66. The van der Waals surface area contributed by atoms with E-state index < -0.39 is 19.0 Å². The van der Waals surface area contributed by atoms with E-state index in [1.807, 2.05) is 6.92 Å². The van der Waals surface area contributed by atoms with E-state index in [1.165, 1.54) is 7.11 Å². The second-order valence-corrected chi connectivity index (χ2v) is 10.1. The number of phosphoric acid groups is 1. The van der Waals surface area contributed by atoms with E-state index in [4.69, 9.17) is 27.5 Å². The number of fused-ring (bicyclic) bond motifs is 4. The van der Waals surface area contributed by atoms with Crippen molar-refractivity contribution in [1.82, 2.24) is 4.90 Å². The van der Waals surface area contributed by atoms with Crippen LogP contribution in [0.15, 0.2) is 33.5 Å². The van der Waals surface area contributed by atoms with Crippen LogP contribution in [-0.2, 0) is 4.57 Å². The zero-order chi connectivity index (χ0) is 24.3. The highest BCUT2D eigenvalue weighted by Gasteiger charge is 2.46. The van der Waals surface area contributed by atoms with Gasteiger partial charge in [-0.15, -0.1) is 0 Å². The van der Waals surface area contributed by atoms with Crippen molar-refractivity contribution in [3.63, 3.8) is 0 Å². The number of aromatic hydroxyl groups is 1. The van der Waals surface area contributed by atoms with Crippen molar-refractivity contribution >= 4 is 18.8 Å². The fourth-order valence-corrected chi connectivity index (χ4v) is 6.12. The molecule has 0 spiro atoms. The number of hydrogen-bond acceptors (Lipinski definition) is 10. The van der Waals surface area contributed by atoms with Crippen molar-refractivity contribution < 1.29 is 37.1 Å². The van der Waals surface area contributed by atoms with Gasteiger partial charge in [-0.1, -0.05) is 25.5 Å². The predicted octanol–water partition coefficient (Wildman–Crippen LogP) is 5.05. The largest absolute Gasteiger partial charge is 0.647 e. The number of benzene rings is 2. The minimum absolute atomic E-state index is 0.0117. The summed E-state index contributed by atoms with van der Waals surface area (Å²) in [6, 6.07) is 6.59. The molecule has 11 heteroatoms. The van der Waals surface area contributed by atoms with Crippen LogP contribution in [0.4, 0.5) is 0 Å². The van der Waals surface area contributed by atoms with Crippen molar-refractivity contribution in [2.45, 2.75) is 38.8 Å². The Kier molecular flexibility index (Phi) is 5.12. The van der Waals surface area contributed by atoms with Crippen LogP contribution in [0.1, 0.15) is 32.6 Å². The van der Waals surface area contributed by atoms with Crippen molar-refractivity contribution in [2.75, 3.05) is 20.2 Å². The average Bonchev–Trinajstić information content (AvgIpc) is 3.33. The lowest BCUT2D eigenvalue weighted by Gasteiger charge is -2.30. The third kappa shape index (κ3) is 3.35. The number of phosphoric ester groups is 1. The molecule has 3 aliphatic heterocycles. The molecule has 184 valence electrons. The van der Waals surface area contributed by atoms with E-state index in [-0.39, 0.29) is 51.7 Å². The standard InChI is InChI=1S/C24H24NO9P/c1-3-8-15(25-11-6-7-12-25)30-24-22-18(27)16-17(26)21-19(31-20(16)23(24)29-2)13-9-4-5-10-14(13)32-35(28,33-21)34-22/h4-5,9-10,15,27H,3,6-8,11-12H2,1-2H3. The van der Waals surface area contributed by atoms with E-state index in [2.05, 4.69) is 4.90 Å². The molecule has 3 aliphatic rings. The fraction of sp³-hybridized carbons (Fsp3) is 0.375. The highest BCUT2D eigenvalue weighted by molar-refractivity contribution is 7.49. The van der Waals surface area contributed by atoms with Crippen LogP contribution in [0.2, 0.25) is 0 Å². The Bertz CT molecular complexity index is 1440. The first-order valence-corrected chi connectivity index (χ1v) is 13.0. The highest BCUT2D eigenvalue weighted by atomic mass is 31.2. The molecule has 10 nitrogen and oxygen atoms in total. The first-order valence-electron chi connectivity index (χ1n) is 11.6. The lowest BCUT2D eigenvalue weighted by Crippen LogP contribution is -2.37. The molecule has 6 rings (SSSR count). The molecule has 2 unspecified atom stereocenters. The number of likely N-dealkylation sites (tertiary alicyclic amines) is 1. The molecule has 35 heavy (non-hydrogen) atoms. The lowest BCUT2D eigenvalue weighted by atomic mass is 10.1. The Morgan fingerprint density at radius 3 is 2.60 bits per heavy atom. The van der Waals surface area contributed by atoms with Gasteiger partial charge in [0.1, 0.15) is 11.1 Å². The molecule has 1 saturated heterocycles. The van der Waals surface area contributed by atoms with Crippen molar-refractivity contribution in [3.8, 4) is 45.8 Å². The lowest BCUT2D eigenvalue weighted by molar-refractivity contribution is 0.0317. The number of nitrogens with zero attached hydrogens (tertiary/aromatic N) is 1. The molecule has 0 saturated carbocycles. The van der Waals surface area contributed by atoms with Gasteiger partial charge in [0.2, 0.25) is 28.4 Å². The van der Waals surface area contributed by atoms with Gasteiger partial charge in [0.05, 0.1) is 12.7 Å². The topological polar surface area (TPSA) is 117 Å². The fourth-order valence-electron chi connectivity index (χ4n) is 4.82. The molecule has 1 fully saturated rings. The van der Waals surface area contributed by atoms with Gasteiger partial charge in [0.25, 0.3) is 0 Å². The number of methoxy groups -OCH3 is 1. The maximum atomic E-state index is 13.8. The molecule has 0 amide bonds. The molecule has 4 heterocycles. The average molecular weight is 501 g/mol. The maximum Gasteiger partial charge on any atom is 0.647 e. The number of phenols is 1. The summed E-state index contributed by atoms with van der Waals surface area (Å²) < 4.78 is 48.9. The molecular formula is C24H24NO9P. The summed E-state index contributed by atoms with van der Waals surface area (Å²) in [5, 5.41) is 11.0. The summed E-state index contributed by atoms with van der Waals surface area (Å²) in [5.41, 5.74) is -0.416. The second-order valence-electron chi connectivity index (χ2n) is 8.66. The first-order chi connectivity index (χ1) is 16.9. The second kappa shape index (κ2) is 8.10. The molecule has 4 bridgehead atoms. The van der Waals surface area contributed by atoms with E-state index in [0.717, 1.165) is 32.4 Å². The quantitative estimate of drug-likeness (QED) is 0.460. The summed E-state index contributed by atoms with van der Waals surface area (Å²) >= 11 is 0. The van der Waals surface area contributed by atoms with Crippen LogP contribution >= 0.6 is 7.82 Å². The molecule has 2 aromatic carbocycles. The molecule has 1 N–H and O–H groups in total. The molecule has 1 aromatic heterocycles. The number of ether oxygens (including phenoxy) is 2. The minimum atomic E-state index is -4.50. The van der Waals surface area contributed by atoms with Crippen LogP contribution in [0.25, 0.3) is 22.3 Å². The van der Waals surface area contributed by atoms with Gasteiger partial charge in [0, 0.05) is 13.1 Å². The van der Waals surface area contributed by atoms with Gasteiger partial charge in [-0.2, -0.15) is 4.57 Å². The van der Waals surface area contributed by atoms with Crippen LogP contribution in [0, 0.1) is 0 Å². The monoisotopic (exact) mass is 501 g/mol. The van der Waals surface area contributed by atoms with Gasteiger partial charge in [-0.25, -0.2) is 0 Å². The van der Waals surface area contributed by atoms with Gasteiger partial charge in [-0.3, -0.25) is 9.69 Å². The van der Waals surface area contributed by atoms with Gasteiger partial charge >= 0.3 is 7.82 Å². The van der Waals surface area contributed by atoms with E-state index in [0.29, 0.717) is 12.0 Å². The summed E-state index contributed by atoms with van der Waals surface area (Å²) in [6.07, 6.45) is 3.24. The number of para-hydroxylation sites is 1. The maximum absolute atomic E-state index is 13.8. The summed E-state index contributed by atoms with van der Waals surface area (Å²) in [7, 11) is -3.11. The zero-order valence-corrected chi connectivity index (χ0v) is 20.1. The molecular weight excluding hydrogens is 477 g/mol. The van der Waals surface area contributed by atoms with E-state index in [9.17, 15) is 14.5 Å². The highest BCUT2D eigenvalue weighted by Crippen LogP contribution is 2.63. The zero-order valence-electron chi connectivity index (χ0n) is 19.2. The van der Waals surface area contributed by atoms with Crippen LogP contribution < -0.4 is 28.5 Å². The first kappa shape index (κ1) is 22.1. The normalized spacial score (nSPS) is 21.0. The Hall–Kier alpha value is -3.36. The van der Waals surface area contributed by atoms with Crippen molar-refractivity contribution in [2.24, 2.45) is 0 Å². The summed E-state index contributed by atoms with van der Waals surface area (Å²) in [5.74, 6) is -1.17. The van der Waals surface area contributed by atoms with Crippen LogP contribution in [-0.4, -0.2) is 36.4 Å². The van der Waals surface area contributed by atoms with Gasteiger partial charge in [-0.05, 0) is 31.4 Å². The molecule has 0 aliphatic carbocycles. The summed E-state index contributed by atoms with van der Waals surface area (Å²) in [4.78, 5) is 15.7. The van der Waals surface area contributed by atoms with Gasteiger partial charge < -0.3 is 32.6 Å². The minimum Gasteiger partial charge on any atom is -0.504 e. The Morgan fingerprint density at radius 1 is 1.11 bits per heavy atom. The van der Waals surface area contributed by atoms with Crippen LogP contribution in [0.3, 0.4) is 0 Å². The van der Waals surface area contributed by atoms with E-state index >= 15 is 0 Å².